The molecule has 1 unspecified atom stereocenters. The molecule has 0 amide bonds. The van der Waals surface area contributed by atoms with Crippen LogP contribution in [0, 0.1) is 0 Å². The Hall–Kier alpha value is 2.51. The van der Waals surface area contributed by atoms with E-state index in [4.69, 9.17) is 18.7 Å². The zero-order valence-corrected chi connectivity index (χ0v) is 11.8. The summed E-state index contributed by atoms with van der Waals surface area (Å²) in [6.45, 7) is 0. The standard InChI is InChI=1S/CNS.K.Na.H2O3S/c2-1-3;;;1-4(2)3/h;;;(H2,1,2,3)/q-1;2*+1;/p-1. The largest absolute Gasteiger partial charge is 1.00 e. The first-order valence-corrected chi connectivity index (χ1v) is 2.38. The molecule has 0 aliphatic carbocycles. The van der Waals surface area contributed by atoms with Crippen LogP contribution in [0.15, 0.2) is 0 Å². The van der Waals surface area contributed by atoms with Crippen LogP contribution in [0.25, 0.3) is 5.41 Å². The molecule has 1 N–H and O–H groups in total. The Labute approximate surface area is 126 Å². The third-order valence-corrected chi connectivity index (χ3v) is 0. The zero-order valence-electron chi connectivity index (χ0n) is 5.03. The predicted molar refractivity (Wildman–Crippen MR) is 27.5 cm³/mol. The van der Waals surface area contributed by atoms with E-state index >= 15 is 0 Å². The van der Waals surface area contributed by atoms with Gasteiger partial charge in [-0.3, -0.25) is 0 Å². The smallest absolute Gasteiger partial charge is 0.753 e. The summed E-state index contributed by atoms with van der Waals surface area (Å²) in [5.41, 5.74) is 0. The van der Waals surface area contributed by atoms with Crippen molar-refractivity contribution in [1.29, 1.82) is 0 Å². The Bertz CT molecular complexity index is 89.8. The minimum atomic E-state index is -2.86. The summed E-state index contributed by atoms with van der Waals surface area (Å²) >= 11 is 0.838. The van der Waals surface area contributed by atoms with Gasteiger partial charge in [0, 0.05) is 0 Å². The van der Waals surface area contributed by atoms with E-state index in [0.29, 0.717) is 0 Å². The van der Waals surface area contributed by atoms with Crippen molar-refractivity contribution in [3.63, 3.8) is 0 Å². The van der Waals surface area contributed by atoms with Gasteiger partial charge in [0.25, 0.3) is 0 Å². The molecule has 0 spiro atoms. The number of rotatable bonds is 0. The van der Waals surface area contributed by atoms with Crippen molar-refractivity contribution in [2.75, 3.05) is 0 Å². The average Bonchev–Trinajstić information content (AvgIpc) is 1.33. The Morgan fingerprint density at radius 1 is 1.78 bits per heavy atom. The van der Waals surface area contributed by atoms with Gasteiger partial charge in [0.2, 0.25) is 0 Å². The van der Waals surface area contributed by atoms with E-state index in [1.54, 1.807) is 0 Å². The van der Waals surface area contributed by atoms with Crippen molar-refractivity contribution < 1.29 is 94.3 Å². The molecule has 0 aromatic carbocycles. The first-order chi connectivity index (χ1) is 3.15. The fourth-order valence-electron chi connectivity index (χ4n) is 0. The molecule has 0 saturated heterocycles. The van der Waals surface area contributed by atoms with E-state index < -0.39 is 11.4 Å². The summed E-state index contributed by atoms with van der Waals surface area (Å²) in [6.07, 6.45) is 0. The summed E-state index contributed by atoms with van der Waals surface area (Å²) in [5, 5.41) is 8.47. The predicted octanol–water partition coefficient (Wildman–Crippen LogP) is -5.99. The van der Waals surface area contributed by atoms with Crippen LogP contribution in [-0.2, 0) is 11.4 Å². The van der Waals surface area contributed by atoms with Crippen LogP contribution in [0.3, 0.4) is 0 Å². The van der Waals surface area contributed by atoms with Crippen LogP contribution in [0.1, 0.15) is 0 Å². The molecule has 0 saturated carbocycles. The monoisotopic (exact) mass is 201 g/mol. The molecule has 0 rings (SSSR count). The van der Waals surface area contributed by atoms with E-state index in [1.165, 1.54) is 5.16 Å². The molecule has 0 heterocycles. The molecule has 0 radical (unpaired) electrons. The van der Waals surface area contributed by atoms with Gasteiger partial charge in [-0.1, -0.05) is 12.2 Å². The Balaban J connectivity index is -0.0000000233. The number of thiocarbonyl (C=S) groups is 1. The fraction of sp³-hybridized carbons (Fsp3) is 0. The van der Waals surface area contributed by atoms with Crippen molar-refractivity contribution in [2.45, 2.75) is 0 Å². The summed E-state index contributed by atoms with van der Waals surface area (Å²) < 4.78 is 24.1. The second-order valence-corrected chi connectivity index (χ2v) is 0.925. The van der Waals surface area contributed by atoms with Gasteiger partial charge < -0.3 is 14.5 Å². The van der Waals surface area contributed by atoms with E-state index in [2.05, 4.69) is 12.2 Å². The molecule has 9 heavy (non-hydrogen) atoms. The second-order valence-electron chi connectivity index (χ2n) is 0.308. The molecule has 0 aliphatic rings. The number of nitrogens with zero attached hydrogens (tertiary/aromatic N) is 1. The van der Waals surface area contributed by atoms with Crippen LogP contribution in [-0.4, -0.2) is 18.5 Å². The molecule has 0 aromatic heterocycles. The third kappa shape index (κ3) is 121. The molecule has 4 nitrogen and oxygen atoms in total. The van der Waals surface area contributed by atoms with Gasteiger partial charge in [0.15, 0.2) is 0 Å². The van der Waals surface area contributed by atoms with Gasteiger partial charge in [0.1, 0.15) is 0 Å². The van der Waals surface area contributed by atoms with Crippen LogP contribution >= 0.6 is 12.2 Å². The minimum Gasteiger partial charge on any atom is -0.753 e. The summed E-state index contributed by atoms with van der Waals surface area (Å²) in [5.74, 6) is 0. The summed E-state index contributed by atoms with van der Waals surface area (Å²) in [4.78, 5) is 0. The first kappa shape index (κ1) is 22.5. The van der Waals surface area contributed by atoms with Crippen LogP contribution in [0.2, 0.25) is 0 Å². The van der Waals surface area contributed by atoms with Gasteiger partial charge in [-0.05, 0) is 0 Å². The van der Waals surface area contributed by atoms with Crippen LogP contribution in [0.5, 0.6) is 0 Å². The van der Waals surface area contributed by atoms with Crippen molar-refractivity contribution >= 4 is 28.7 Å². The van der Waals surface area contributed by atoms with Gasteiger partial charge in [0.05, 0.1) is 11.4 Å². The van der Waals surface area contributed by atoms with Gasteiger partial charge >= 0.3 is 80.9 Å². The number of hydrogen-bond acceptors (Lipinski definition) is 3. The second kappa shape index (κ2) is 22.4. The van der Waals surface area contributed by atoms with E-state index in [9.17, 15) is 0 Å². The average molecular weight is 201 g/mol. The quantitative estimate of drug-likeness (QED) is 0.183. The molecule has 42 valence electrons. The van der Waals surface area contributed by atoms with E-state index in [1.807, 2.05) is 0 Å². The molecule has 0 aromatic rings. The Morgan fingerprint density at radius 2 is 1.78 bits per heavy atom. The van der Waals surface area contributed by atoms with Gasteiger partial charge in [-0.15, -0.1) is 0 Å². The maximum atomic E-state index is 8.56. The van der Waals surface area contributed by atoms with Gasteiger partial charge in [-0.2, -0.15) is 5.16 Å². The molecule has 1 atom stereocenters. The van der Waals surface area contributed by atoms with Crippen molar-refractivity contribution in [1.82, 2.24) is 0 Å². The van der Waals surface area contributed by atoms with E-state index in [0.717, 1.165) is 0 Å². The maximum absolute atomic E-state index is 8.56. The number of isothiocyanates is 1. The van der Waals surface area contributed by atoms with E-state index in [-0.39, 0.29) is 80.9 Å². The molecule has 0 aliphatic heterocycles. The van der Waals surface area contributed by atoms with Crippen molar-refractivity contribution in [2.24, 2.45) is 0 Å². The summed E-state index contributed by atoms with van der Waals surface area (Å²) in [7, 11) is 0. The summed E-state index contributed by atoms with van der Waals surface area (Å²) in [6, 6.07) is 0. The number of hydrogen-bond donors (Lipinski definition) is 1. The van der Waals surface area contributed by atoms with Crippen molar-refractivity contribution in [3.05, 3.63) is 5.41 Å². The molecule has 8 heteroatoms. The zero-order chi connectivity index (χ0) is 6.28. The first-order valence-electron chi connectivity index (χ1n) is 0.944. The van der Waals surface area contributed by atoms with Crippen LogP contribution in [0.4, 0.5) is 0 Å². The van der Waals surface area contributed by atoms with Crippen molar-refractivity contribution in [3.8, 4) is 0 Å². The fourth-order valence-corrected chi connectivity index (χ4v) is 0. The maximum Gasteiger partial charge on any atom is 1.00 e. The molecule has 0 fully saturated rings. The third-order valence-electron chi connectivity index (χ3n) is 0. The SMILES string of the molecule is O=S([O-])O.[K+].[N-]=C=S.[Na+]. The normalized spacial score (nSPS) is 7.78. The molecular weight excluding hydrogens is 200 g/mol. The minimum absolute atomic E-state index is 0. The topological polar surface area (TPSA) is 82.7 Å². The molecule has 0 bridgehead atoms. The van der Waals surface area contributed by atoms with Crippen LogP contribution < -0.4 is 80.9 Å². The van der Waals surface area contributed by atoms with Gasteiger partial charge in [-0.25, -0.2) is 4.21 Å². The Morgan fingerprint density at radius 3 is 1.78 bits per heavy atom. The Kier molecular flexibility index (Phi) is 56.2. The molecular formula is CHKNNaO3S2.